The predicted molar refractivity (Wildman–Crippen MR) is 296 cm³/mol. The maximum atomic E-state index is 5.43. The Balaban J connectivity index is 0.879. The lowest BCUT2D eigenvalue weighted by Crippen LogP contribution is -2.00. The lowest BCUT2D eigenvalue weighted by molar-refractivity contribution is 1.07. The van der Waals surface area contributed by atoms with Gasteiger partial charge in [0.15, 0.2) is 0 Å². The highest BCUT2D eigenvalue weighted by atomic mass is 15.1. The van der Waals surface area contributed by atoms with Gasteiger partial charge in [0.25, 0.3) is 0 Å². The van der Waals surface area contributed by atoms with Gasteiger partial charge >= 0.3 is 0 Å². The van der Waals surface area contributed by atoms with Crippen LogP contribution in [0.2, 0.25) is 0 Å². The van der Waals surface area contributed by atoms with Crippen LogP contribution in [-0.2, 0) is 0 Å². The molecule has 330 valence electrons. The zero-order valence-corrected chi connectivity index (χ0v) is 38.7. The van der Waals surface area contributed by atoms with E-state index in [0.717, 1.165) is 61.9 Å². The molecule has 11 aromatic carbocycles. The molecule has 13 aromatic rings. The first-order valence-corrected chi connectivity index (χ1v) is 24.3. The number of aromatic nitrogens is 3. The third kappa shape index (κ3) is 6.74. The Bertz CT molecular complexity index is 4120. The van der Waals surface area contributed by atoms with Crippen molar-refractivity contribution < 1.29 is 0 Å². The fourth-order valence-electron chi connectivity index (χ4n) is 11.1. The van der Waals surface area contributed by atoms with Crippen molar-refractivity contribution in [3.63, 3.8) is 0 Å². The van der Waals surface area contributed by atoms with Crippen molar-refractivity contribution in [3.8, 4) is 106 Å². The summed E-state index contributed by atoms with van der Waals surface area (Å²) in [7, 11) is 0. The summed E-state index contributed by atoms with van der Waals surface area (Å²) in [5, 5.41) is 6.06. The molecule has 0 aliphatic heterocycles. The van der Waals surface area contributed by atoms with Crippen molar-refractivity contribution in [2.24, 2.45) is 0 Å². The van der Waals surface area contributed by atoms with Crippen LogP contribution in [0.25, 0.3) is 139 Å². The lowest BCUT2D eigenvalue weighted by atomic mass is 9.85. The summed E-state index contributed by atoms with van der Waals surface area (Å²) in [5.41, 5.74) is 21.5. The van der Waals surface area contributed by atoms with Crippen LogP contribution in [0.1, 0.15) is 0 Å². The van der Waals surface area contributed by atoms with E-state index in [1.54, 1.807) is 0 Å². The number of benzene rings is 11. The molecule has 2 bridgehead atoms. The molecule has 1 aliphatic rings. The Labute approximate surface area is 412 Å². The molecule has 14 rings (SSSR count). The first kappa shape index (κ1) is 40.6. The minimum atomic E-state index is 0.899. The second kappa shape index (κ2) is 16.7. The van der Waals surface area contributed by atoms with Gasteiger partial charge in [-0.05, 0) is 108 Å². The zero-order chi connectivity index (χ0) is 46.8. The van der Waals surface area contributed by atoms with E-state index in [-0.39, 0.29) is 0 Å². The molecule has 0 N–H and O–H groups in total. The van der Waals surface area contributed by atoms with E-state index >= 15 is 0 Å². The van der Waals surface area contributed by atoms with Crippen LogP contribution in [0.4, 0.5) is 0 Å². The molecular weight excluding hydrogens is 859 g/mol. The van der Waals surface area contributed by atoms with Crippen molar-refractivity contribution in [1.29, 1.82) is 0 Å². The van der Waals surface area contributed by atoms with Crippen LogP contribution < -0.4 is 0 Å². The van der Waals surface area contributed by atoms with Crippen molar-refractivity contribution in [2.75, 3.05) is 0 Å². The molecule has 0 spiro atoms. The Morgan fingerprint density at radius 3 is 1.32 bits per heavy atom. The molecule has 2 heterocycles. The largest absolute Gasteiger partial charge is 0.292 e. The fourth-order valence-corrected chi connectivity index (χ4v) is 11.1. The summed E-state index contributed by atoms with van der Waals surface area (Å²) in [6.07, 6.45) is 0. The van der Waals surface area contributed by atoms with E-state index < -0.39 is 0 Å². The number of nitrogens with zero attached hydrogens (tertiary/aromatic N) is 3. The minimum Gasteiger partial charge on any atom is -0.292 e. The highest BCUT2D eigenvalue weighted by Gasteiger charge is 2.25. The summed E-state index contributed by atoms with van der Waals surface area (Å²) in [6, 6.07) is 94.2. The first-order valence-electron chi connectivity index (χ1n) is 24.3. The molecule has 2 aromatic heterocycles. The van der Waals surface area contributed by atoms with Gasteiger partial charge in [-0.3, -0.25) is 4.57 Å². The predicted octanol–water partition coefficient (Wildman–Crippen LogP) is 18.0. The van der Waals surface area contributed by atoms with Crippen LogP contribution in [0, 0.1) is 0 Å². The molecule has 0 unspecified atom stereocenters. The van der Waals surface area contributed by atoms with Gasteiger partial charge in [0.2, 0.25) is 0 Å². The van der Waals surface area contributed by atoms with Gasteiger partial charge in [-0.25, -0.2) is 9.97 Å². The summed E-state index contributed by atoms with van der Waals surface area (Å²) in [4.78, 5) is 10.7. The van der Waals surface area contributed by atoms with Crippen LogP contribution in [-0.4, -0.2) is 14.5 Å². The molecule has 0 fully saturated rings. The number of rotatable bonds is 7. The average Bonchev–Trinajstić information content (AvgIpc) is 3.81. The number of fused-ring (bicyclic) bond motifs is 11. The molecule has 3 nitrogen and oxygen atoms in total. The van der Waals surface area contributed by atoms with E-state index in [9.17, 15) is 0 Å². The summed E-state index contributed by atoms with van der Waals surface area (Å²) in [5.74, 6) is 0.899. The number of imidazole rings is 1. The second-order valence-corrected chi connectivity index (χ2v) is 18.4. The maximum absolute atomic E-state index is 5.43. The van der Waals surface area contributed by atoms with Gasteiger partial charge in [-0.1, -0.05) is 231 Å². The smallest absolute Gasteiger partial charge is 0.145 e. The van der Waals surface area contributed by atoms with E-state index in [1.807, 2.05) is 0 Å². The topological polar surface area (TPSA) is 30.7 Å². The molecule has 71 heavy (non-hydrogen) atoms. The van der Waals surface area contributed by atoms with Crippen LogP contribution >= 0.6 is 0 Å². The number of hydrogen-bond acceptors (Lipinski definition) is 2. The van der Waals surface area contributed by atoms with Gasteiger partial charge in [0, 0.05) is 33.3 Å². The molecule has 0 amide bonds. The Kier molecular flexibility index (Phi) is 9.53. The van der Waals surface area contributed by atoms with Crippen LogP contribution in [0.5, 0.6) is 0 Å². The Morgan fingerprint density at radius 1 is 0.268 bits per heavy atom. The average molecular weight is 902 g/mol. The number of hydrogen-bond donors (Lipinski definition) is 0. The molecule has 0 radical (unpaired) electrons. The number of pyridine rings is 1. The molecule has 0 atom stereocenters. The lowest BCUT2D eigenvalue weighted by Gasteiger charge is -2.19. The summed E-state index contributed by atoms with van der Waals surface area (Å²) >= 11 is 0. The summed E-state index contributed by atoms with van der Waals surface area (Å²) in [6.45, 7) is 0. The normalized spacial score (nSPS) is 11.7. The van der Waals surface area contributed by atoms with Crippen molar-refractivity contribution >= 4 is 32.4 Å². The van der Waals surface area contributed by atoms with Gasteiger partial charge in [-0.2, -0.15) is 0 Å². The quantitative estimate of drug-likeness (QED) is 0.149. The molecule has 0 saturated heterocycles. The van der Waals surface area contributed by atoms with Crippen molar-refractivity contribution in [2.45, 2.75) is 0 Å². The van der Waals surface area contributed by atoms with E-state index in [2.05, 4.69) is 265 Å². The van der Waals surface area contributed by atoms with Crippen molar-refractivity contribution in [3.05, 3.63) is 261 Å². The van der Waals surface area contributed by atoms with Gasteiger partial charge in [0.1, 0.15) is 5.82 Å². The second-order valence-electron chi connectivity index (χ2n) is 18.4. The Morgan fingerprint density at radius 2 is 0.718 bits per heavy atom. The fraction of sp³-hybridized carbons (Fsp3) is 0. The highest BCUT2D eigenvalue weighted by molar-refractivity contribution is 6.21. The van der Waals surface area contributed by atoms with E-state index in [0.29, 0.717) is 0 Å². The highest BCUT2D eigenvalue weighted by Crippen LogP contribution is 2.48. The maximum Gasteiger partial charge on any atom is 0.145 e. The van der Waals surface area contributed by atoms with Crippen LogP contribution in [0.15, 0.2) is 261 Å². The van der Waals surface area contributed by atoms with E-state index in [4.69, 9.17) is 9.97 Å². The summed E-state index contributed by atoms with van der Waals surface area (Å²) < 4.78 is 2.33. The molecule has 1 aliphatic carbocycles. The number of para-hydroxylation sites is 1. The van der Waals surface area contributed by atoms with E-state index in [1.165, 1.54) is 77.0 Å². The SMILES string of the molecule is c1ccc(-c2nc(-c3ccccc3)n(-c3ccc(-c4c5ccccc5c(-c5ccc(-c6ccc7c(c6)-c6cc(c8ccccc8n6)-c6ccccc6-7)cc5)c5ccccc45)cc3)c2-c2ccccc2)cc1. The van der Waals surface area contributed by atoms with Crippen molar-refractivity contribution in [1.82, 2.24) is 14.5 Å². The van der Waals surface area contributed by atoms with Crippen LogP contribution in [0.3, 0.4) is 0 Å². The third-order valence-electron chi connectivity index (χ3n) is 14.4. The molecule has 3 heteroatoms. The minimum absolute atomic E-state index is 0.899. The van der Waals surface area contributed by atoms with Gasteiger partial charge in [0.05, 0.1) is 22.6 Å². The third-order valence-corrected chi connectivity index (χ3v) is 14.4. The Hall–Kier alpha value is -9.44. The first-order chi connectivity index (χ1) is 35.2. The van der Waals surface area contributed by atoms with Gasteiger partial charge < -0.3 is 0 Å². The monoisotopic (exact) mass is 901 g/mol. The molecule has 0 saturated carbocycles. The van der Waals surface area contributed by atoms with Gasteiger partial charge in [-0.15, -0.1) is 0 Å². The standard InChI is InChI=1S/C68H43N3/c1-4-18-47(19-5-1)66-67(48-20-6-2-7-21-48)71(68(70-66)49-22-8-3-9-23-49)51-39-36-46(37-40-51)65-58-29-14-12-27-56(58)64(57-28-13-15-30-59(57)65)45-34-32-44(33-35-45)50-38-41-54-52-24-10-11-25-53(52)60-43-63(61(54)42-50)69-62-31-17-16-26-55(60)62/h1-43H. The molecular formula is C68H43N3. The zero-order valence-electron chi connectivity index (χ0n) is 38.7.